The minimum atomic E-state index is -1.51. The van der Waals surface area contributed by atoms with E-state index >= 15 is 0 Å². The summed E-state index contributed by atoms with van der Waals surface area (Å²) < 4.78 is 22.5. The number of carboxylic acids is 1. The summed E-state index contributed by atoms with van der Waals surface area (Å²) in [5.41, 5.74) is 0. The molecule has 0 rings (SSSR count). The number of ether oxygens (including phenoxy) is 4. The number of hydrogen-bond acceptors (Lipinski definition) is 7. The third-order valence-corrected chi connectivity index (χ3v) is 8.29. The molecule has 0 bridgehead atoms. The van der Waals surface area contributed by atoms with Crippen molar-refractivity contribution < 1.29 is 42.9 Å². The van der Waals surface area contributed by atoms with Crippen molar-refractivity contribution in [2.45, 2.75) is 155 Å². The SMILES string of the molecule is CC/C=C\C/C=C\C/C=C\C/C=C\C/C=C\CCCCCCCCCC(=O)OC(COC(=O)CCCCCCC)COC(OCC[N+](C)(C)C)C(=O)O. The molecule has 9 heteroatoms. The van der Waals surface area contributed by atoms with Crippen LogP contribution in [0.5, 0.6) is 0 Å². The van der Waals surface area contributed by atoms with Crippen LogP contribution >= 0.6 is 0 Å². The molecular formula is C44H76NO8+. The minimum absolute atomic E-state index is 0.183. The molecule has 53 heavy (non-hydrogen) atoms. The van der Waals surface area contributed by atoms with Gasteiger partial charge in [0.1, 0.15) is 13.2 Å². The zero-order chi connectivity index (χ0) is 39.3. The van der Waals surface area contributed by atoms with Crippen LogP contribution in [-0.2, 0) is 33.3 Å². The number of nitrogens with zero attached hydrogens (tertiary/aromatic N) is 1. The minimum Gasteiger partial charge on any atom is -0.477 e. The molecule has 0 amide bonds. The zero-order valence-corrected chi connectivity index (χ0v) is 34.2. The van der Waals surface area contributed by atoms with Gasteiger partial charge in [-0.2, -0.15) is 0 Å². The summed E-state index contributed by atoms with van der Waals surface area (Å²) in [4.78, 5) is 36.7. The molecule has 0 aromatic rings. The van der Waals surface area contributed by atoms with Crippen molar-refractivity contribution in [3.8, 4) is 0 Å². The molecule has 0 saturated heterocycles. The standard InChI is InChI=1S/C44H75NO8/c1-6-8-10-12-13-14-15-16-17-18-19-20-21-22-23-24-25-26-27-28-29-31-33-35-42(47)53-40(38-51-41(46)34-32-30-11-9-7-2)39-52-44(43(48)49)50-37-36-45(3,4)5/h8,10,13-14,16-17,19-20,22-23,40,44H,6-7,9,11-12,15,18,21,24-39H2,1-5H3/p+1/b10-8-,14-13-,17-16-,20-19-,23-22-. The lowest BCUT2D eigenvalue weighted by Gasteiger charge is -2.25. The molecule has 0 aliphatic heterocycles. The number of hydrogen-bond donors (Lipinski definition) is 1. The predicted molar refractivity (Wildman–Crippen MR) is 216 cm³/mol. The van der Waals surface area contributed by atoms with Crippen LogP contribution in [0.15, 0.2) is 60.8 Å². The van der Waals surface area contributed by atoms with Gasteiger partial charge < -0.3 is 28.5 Å². The van der Waals surface area contributed by atoms with Crippen molar-refractivity contribution in [2.24, 2.45) is 0 Å². The monoisotopic (exact) mass is 747 g/mol. The Hall–Kier alpha value is -3.01. The summed E-state index contributed by atoms with van der Waals surface area (Å²) >= 11 is 0. The second kappa shape index (κ2) is 36.0. The lowest BCUT2D eigenvalue weighted by Crippen LogP contribution is -2.40. The Morgan fingerprint density at radius 3 is 1.60 bits per heavy atom. The van der Waals surface area contributed by atoms with Gasteiger partial charge in [-0.15, -0.1) is 0 Å². The van der Waals surface area contributed by atoms with Gasteiger partial charge in [0.15, 0.2) is 6.10 Å². The lowest BCUT2D eigenvalue weighted by atomic mass is 10.1. The van der Waals surface area contributed by atoms with Gasteiger partial charge in [0.2, 0.25) is 0 Å². The number of allylic oxidation sites excluding steroid dienone is 10. The molecule has 2 unspecified atom stereocenters. The number of carbonyl (C=O) groups excluding carboxylic acids is 2. The quantitative estimate of drug-likeness (QED) is 0.0222. The summed E-state index contributed by atoms with van der Waals surface area (Å²) in [6, 6.07) is 0. The molecule has 2 atom stereocenters. The van der Waals surface area contributed by atoms with Gasteiger partial charge in [0.25, 0.3) is 6.29 Å². The fourth-order valence-electron chi connectivity index (χ4n) is 5.09. The number of esters is 2. The average Bonchev–Trinajstić information content (AvgIpc) is 3.11. The van der Waals surface area contributed by atoms with E-state index < -0.39 is 24.3 Å². The van der Waals surface area contributed by atoms with E-state index in [4.69, 9.17) is 18.9 Å². The van der Waals surface area contributed by atoms with Crippen molar-refractivity contribution in [1.82, 2.24) is 0 Å². The highest BCUT2D eigenvalue weighted by Gasteiger charge is 2.25. The molecule has 304 valence electrons. The topological polar surface area (TPSA) is 108 Å². The first-order valence-corrected chi connectivity index (χ1v) is 20.5. The summed E-state index contributed by atoms with van der Waals surface area (Å²) in [5.74, 6) is -2.05. The molecule has 0 radical (unpaired) electrons. The van der Waals surface area contributed by atoms with Crippen LogP contribution < -0.4 is 0 Å². The molecule has 0 saturated carbocycles. The maximum atomic E-state index is 12.7. The normalized spacial score (nSPS) is 13.6. The first kappa shape index (κ1) is 50.0. The first-order chi connectivity index (χ1) is 25.6. The van der Waals surface area contributed by atoms with Crippen LogP contribution in [0.3, 0.4) is 0 Å². The molecule has 1 N–H and O–H groups in total. The Labute approximate surface area is 323 Å². The van der Waals surface area contributed by atoms with Crippen LogP contribution in [0.2, 0.25) is 0 Å². The third kappa shape index (κ3) is 37.1. The van der Waals surface area contributed by atoms with Gasteiger partial charge in [-0.05, 0) is 57.8 Å². The van der Waals surface area contributed by atoms with Crippen LogP contribution in [0.4, 0.5) is 0 Å². The average molecular weight is 747 g/mol. The maximum Gasteiger partial charge on any atom is 0.361 e. The van der Waals surface area contributed by atoms with Gasteiger partial charge in [-0.1, -0.05) is 132 Å². The van der Waals surface area contributed by atoms with Crippen LogP contribution in [0.25, 0.3) is 0 Å². The molecular weight excluding hydrogens is 670 g/mol. The molecule has 0 aliphatic carbocycles. The Morgan fingerprint density at radius 2 is 1.08 bits per heavy atom. The molecule has 0 fully saturated rings. The Morgan fingerprint density at radius 1 is 0.585 bits per heavy atom. The van der Waals surface area contributed by atoms with Crippen molar-refractivity contribution in [1.29, 1.82) is 0 Å². The zero-order valence-electron chi connectivity index (χ0n) is 34.2. The molecule has 0 aromatic heterocycles. The van der Waals surface area contributed by atoms with E-state index in [1.165, 1.54) is 19.3 Å². The van der Waals surface area contributed by atoms with Crippen LogP contribution in [0.1, 0.15) is 142 Å². The van der Waals surface area contributed by atoms with E-state index in [2.05, 4.69) is 74.6 Å². The highest BCUT2D eigenvalue weighted by Crippen LogP contribution is 2.12. The number of aliphatic carboxylic acids is 1. The van der Waals surface area contributed by atoms with Crippen molar-refractivity contribution in [3.63, 3.8) is 0 Å². The van der Waals surface area contributed by atoms with Gasteiger partial charge in [-0.3, -0.25) is 9.59 Å². The van der Waals surface area contributed by atoms with Crippen molar-refractivity contribution >= 4 is 17.9 Å². The molecule has 0 aromatic carbocycles. The maximum absolute atomic E-state index is 12.7. The Kier molecular flexibility index (Phi) is 33.9. The summed E-state index contributed by atoms with van der Waals surface area (Å²) in [7, 11) is 5.93. The predicted octanol–water partition coefficient (Wildman–Crippen LogP) is 10.2. The fraction of sp³-hybridized carbons (Fsp3) is 0.705. The number of likely N-dealkylation sites (N-methyl/N-ethyl adjacent to an activating group) is 1. The molecule has 0 spiro atoms. The smallest absolute Gasteiger partial charge is 0.361 e. The summed E-state index contributed by atoms with van der Waals surface area (Å²) in [6.07, 6.45) is 38.9. The molecule has 0 aliphatic rings. The van der Waals surface area contributed by atoms with Gasteiger partial charge >= 0.3 is 17.9 Å². The van der Waals surface area contributed by atoms with E-state index in [0.717, 1.165) is 89.9 Å². The number of carboxylic acid groups (broad SMARTS) is 1. The van der Waals surface area contributed by atoms with Gasteiger partial charge in [-0.25, -0.2) is 4.79 Å². The second-order valence-electron chi connectivity index (χ2n) is 14.6. The summed E-state index contributed by atoms with van der Waals surface area (Å²) in [6.45, 7) is 4.62. The first-order valence-electron chi connectivity index (χ1n) is 20.5. The van der Waals surface area contributed by atoms with Crippen molar-refractivity contribution in [2.75, 3.05) is 47.5 Å². The molecule has 0 heterocycles. The number of rotatable bonds is 36. The van der Waals surface area contributed by atoms with E-state index in [-0.39, 0.29) is 32.2 Å². The number of carbonyl (C=O) groups is 3. The van der Waals surface area contributed by atoms with E-state index in [1.807, 2.05) is 21.1 Å². The molecule has 9 nitrogen and oxygen atoms in total. The Bertz CT molecular complexity index is 1060. The van der Waals surface area contributed by atoms with Crippen LogP contribution in [-0.4, -0.2) is 87.4 Å². The lowest BCUT2D eigenvalue weighted by molar-refractivity contribution is -0.870. The van der Waals surface area contributed by atoms with Gasteiger partial charge in [0.05, 0.1) is 34.4 Å². The largest absolute Gasteiger partial charge is 0.477 e. The third-order valence-electron chi connectivity index (χ3n) is 8.29. The van der Waals surface area contributed by atoms with Gasteiger partial charge in [0, 0.05) is 12.8 Å². The highest BCUT2D eigenvalue weighted by atomic mass is 16.7. The number of unbranched alkanes of at least 4 members (excludes halogenated alkanes) is 11. The van der Waals surface area contributed by atoms with Crippen LogP contribution in [0, 0.1) is 0 Å². The fourth-order valence-corrected chi connectivity index (χ4v) is 5.09. The Balaban J connectivity index is 4.30. The second-order valence-corrected chi connectivity index (χ2v) is 14.6. The summed E-state index contributed by atoms with van der Waals surface area (Å²) in [5, 5.41) is 9.56. The number of quaternary nitrogens is 1. The highest BCUT2D eigenvalue weighted by molar-refractivity contribution is 5.71. The van der Waals surface area contributed by atoms with E-state index in [1.54, 1.807) is 0 Å². The van der Waals surface area contributed by atoms with E-state index in [9.17, 15) is 19.5 Å². The van der Waals surface area contributed by atoms with Crippen molar-refractivity contribution in [3.05, 3.63) is 60.8 Å². The van der Waals surface area contributed by atoms with E-state index in [0.29, 0.717) is 23.9 Å².